The molecule has 4 nitrogen and oxygen atoms in total. The molecule has 0 bridgehead atoms. The molecular weight excluding hydrogens is 320 g/mol. The molecule has 2 fully saturated rings. The van der Waals surface area contributed by atoms with E-state index in [9.17, 15) is 4.79 Å². The largest absolute Gasteiger partial charge is 0.447 e. The number of carbonyl (C=O) groups is 1. The zero-order valence-electron chi connectivity index (χ0n) is 11.6. The summed E-state index contributed by atoms with van der Waals surface area (Å²) in [6.45, 7) is 4.56. The van der Waals surface area contributed by atoms with E-state index >= 15 is 0 Å². The summed E-state index contributed by atoms with van der Waals surface area (Å²) in [6.07, 6.45) is 1.87. The second-order valence-electron chi connectivity index (χ2n) is 5.53. The molecule has 1 unspecified atom stereocenters. The molecule has 0 radical (unpaired) electrons. The van der Waals surface area contributed by atoms with Crippen molar-refractivity contribution in [1.82, 2.24) is 4.90 Å². The molecule has 0 spiro atoms. The third-order valence-electron chi connectivity index (χ3n) is 4.16. The Morgan fingerprint density at radius 1 is 1.30 bits per heavy atom. The average molecular weight is 339 g/mol. The van der Waals surface area contributed by atoms with Crippen molar-refractivity contribution in [2.24, 2.45) is 0 Å². The first-order chi connectivity index (χ1) is 9.65. The van der Waals surface area contributed by atoms with Crippen LogP contribution in [-0.2, 0) is 4.74 Å². The second-order valence-corrected chi connectivity index (χ2v) is 6.45. The molecule has 0 saturated carbocycles. The summed E-state index contributed by atoms with van der Waals surface area (Å²) in [5, 5.41) is 0. The fraction of sp³-hybridized carbons (Fsp3) is 0.533. The molecule has 2 saturated heterocycles. The van der Waals surface area contributed by atoms with Crippen molar-refractivity contribution in [1.29, 1.82) is 0 Å². The number of amides is 1. The van der Waals surface area contributed by atoms with E-state index in [2.05, 4.69) is 46.0 Å². The average Bonchev–Trinajstić information content (AvgIpc) is 2.78. The number of halogens is 1. The van der Waals surface area contributed by atoms with Gasteiger partial charge in [0.25, 0.3) is 0 Å². The van der Waals surface area contributed by atoms with Gasteiger partial charge in [0.05, 0.1) is 6.04 Å². The number of rotatable bonds is 2. The summed E-state index contributed by atoms with van der Waals surface area (Å²) in [4.78, 5) is 16.1. The highest BCUT2D eigenvalue weighted by molar-refractivity contribution is 9.10. The molecule has 0 aromatic heterocycles. The van der Waals surface area contributed by atoms with Gasteiger partial charge in [-0.1, -0.05) is 22.0 Å². The number of hydrogen-bond acceptors (Lipinski definition) is 3. The number of carbonyl (C=O) groups excluding carboxylic acids is 1. The van der Waals surface area contributed by atoms with Crippen molar-refractivity contribution in [2.45, 2.75) is 31.8 Å². The van der Waals surface area contributed by atoms with E-state index < -0.39 is 0 Å². The van der Waals surface area contributed by atoms with Crippen LogP contribution in [0.1, 0.15) is 19.8 Å². The van der Waals surface area contributed by atoms with Gasteiger partial charge in [-0.3, -0.25) is 4.90 Å². The van der Waals surface area contributed by atoms with Crippen LogP contribution in [0.2, 0.25) is 0 Å². The van der Waals surface area contributed by atoms with E-state index in [1.165, 1.54) is 5.69 Å². The number of cyclic esters (lactones) is 1. The summed E-state index contributed by atoms with van der Waals surface area (Å²) >= 11 is 3.51. The lowest BCUT2D eigenvalue weighted by molar-refractivity contribution is 0.138. The molecule has 5 heteroatoms. The van der Waals surface area contributed by atoms with E-state index in [0.717, 1.165) is 30.4 Å². The van der Waals surface area contributed by atoms with Gasteiger partial charge in [-0.05, 0) is 38.0 Å². The molecule has 108 valence electrons. The Bertz CT molecular complexity index is 500. The normalized spacial score (nSPS) is 24.1. The van der Waals surface area contributed by atoms with Crippen LogP contribution in [0.25, 0.3) is 0 Å². The number of nitrogens with zero attached hydrogens (tertiary/aromatic N) is 2. The van der Waals surface area contributed by atoms with Crippen molar-refractivity contribution in [3.63, 3.8) is 0 Å². The predicted octanol–water partition coefficient (Wildman–Crippen LogP) is 3.26. The van der Waals surface area contributed by atoms with E-state index in [4.69, 9.17) is 4.74 Å². The van der Waals surface area contributed by atoms with Crippen LogP contribution in [0.4, 0.5) is 10.5 Å². The Labute approximate surface area is 127 Å². The topological polar surface area (TPSA) is 32.8 Å². The predicted molar refractivity (Wildman–Crippen MR) is 82.0 cm³/mol. The standard InChI is InChI=1S/C15H19BrN2O2/c1-11-10-20-15(19)18(11)13-5-7-17(8-6-13)14-4-2-3-12(16)9-14/h2-4,9,11,13H,5-8,10H2,1H3. The molecular formula is C15H19BrN2O2. The van der Waals surface area contributed by atoms with E-state index in [0.29, 0.717) is 12.6 Å². The fourth-order valence-corrected chi connectivity index (χ4v) is 3.50. The molecule has 20 heavy (non-hydrogen) atoms. The Morgan fingerprint density at radius 2 is 2.05 bits per heavy atom. The van der Waals surface area contributed by atoms with E-state index in [-0.39, 0.29) is 12.1 Å². The molecule has 1 amide bonds. The Morgan fingerprint density at radius 3 is 2.65 bits per heavy atom. The van der Waals surface area contributed by atoms with Crippen LogP contribution < -0.4 is 4.90 Å². The maximum absolute atomic E-state index is 11.8. The molecule has 2 heterocycles. The first kappa shape index (κ1) is 13.7. The summed E-state index contributed by atoms with van der Waals surface area (Å²) in [6, 6.07) is 8.92. The van der Waals surface area contributed by atoms with E-state index in [1.54, 1.807) is 0 Å². The van der Waals surface area contributed by atoms with E-state index in [1.807, 2.05) is 11.0 Å². The van der Waals surface area contributed by atoms with Crippen LogP contribution in [0, 0.1) is 0 Å². The minimum Gasteiger partial charge on any atom is -0.447 e. The van der Waals surface area contributed by atoms with Crippen molar-refractivity contribution < 1.29 is 9.53 Å². The number of ether oxygens (including phenoxy) is 1. The van der Waals surface area contributed by atoms with Crippen molar-refractivity contribution >= 4 is 27.7 Å². The fourth-order valence-electron chi connectivity index (χ4n) is 3.11. The highest BCUT2D eigenvalue weighted by atomic mass is 79.9. The maximum atomic E-state index is 11.8. The van der Waals surface area contributed by atoms with Gasteiger partial charge in [-0.25, -0.2) is 4.79 Å². The number of benzene rings is 1. The third kappa shape index (κ3) is 2.64. The maximum Gasteiger partial charge on any atom is 0.410 e. The van der Waals surface area contributed by atoms with Crippen LogP contribution in [0.15, 0.2) is 28.7 Å². The zero-order valence-corrected chi connectivity index (χ0v) is 13.2. The van der Waals surface area contributed by atoms with Gasteiger partial charge in [-0.2, -0.15) is 0 Å². The van der Waals surface area contributed by atoms with Crippen LogP contribution in [0.3, 0.4) is 0 Å². The SMILES string of the molecule is CC1COC(=O)N1C1CCN(c2cccc(Br)c2)CC1. The van der Waals surface area contributed by atoms with Gasteiger partial charge in [0, 0.05) is 29.3 Å². The minimum atomic E-state index is -0.140. The van der Waals surface area contributed by atoms with Gasteiger partial charge in [0.15, 0.2) is 0 Å². The molecule has 1 aromatic rings. The van der Waals surface area contributed by atoms with Gasteiger partial charge in [0.1, 0.15) is 6.61 Å². The molecule has 1 atom stereocenters. The van der Waals surface area contributed by atoms with Crippen LogP contribution in [-0.4, -0.2) is 42.8 Å². The Balaban J connectivity index is 1.63. The quantitative estimate of drug-likeness (QED) is 0.829. The third-order valence-corrected chi connectivity index (χ3v) is 4.66. The van der Waals surface area contributed by atoms with Gasteiger partial charge < -0.3 is 9.64 Å². The Kier molecular flexibility index (Phi) is 3.87. The first-order valence-electron chi connectivity index (χ1n) is 7.11. The van der Waals surface area contributed by atoms with Crippen molar-refractivity contribution in [3.8, 4) is 0 Å². The minimum absolute atomic E-state index is 0.140. The molecule has 0 aliphatic carbocycles. The number of piperidine rings is 1. The second kappa shape index (κ2) is 5.64. The smallest absolute Gasteiger partial charge is 0.410 e. The highest BCUT2D eigenvalue weighted by Crippen LogP contribution is 2.27. The van der Waals surface area contributed by atoms with Crippen molar-refractivity contribution in [3.05, 3.63) is 28.7 Å². The molecule has 3 rings (SSSR count). The highest BCUT2D eigenvalue weighted by Gasteiger charge is 2.36. The van der Waals surface area contributed by atoms with Gasteiger partial charge >= 0.3 is 6.09 Å². The molecule has 2 aliphatic heterocycles. The summed E-state index contributed by atoms with van der Waals surface area (Å²) in [5.41, 5.74) is 1.25. The van der Waals surface area contributed by atoms with Crippen LogP contribution in [0.5, 0.6) is 0 Å². The monoisotopic (exact) mass is 338 g/mol. The van der Waals surface area contributed by atoms with Gasteiger partial charge in [0.2, 0.25) is 0 Å². The molecule has 1 aromatic carbocycles. The summed E-state index contributed by atoms with van der Waals surface area (Å²) < 4.78 is 6.23. The van der Waals surface area contributed by atoms with Crippen LogP contribution >= 0.6 is 15.9 Å². The zero-order chi connectivity index (χ0) is 14.1. The Hall–Kier alpha value is -1.23. The lowest BCUT2D eigenvalue weighted by Crippen LogP contribution is -2.47. The summed E-state index contributed by atoms with van der Waals surface area (Å²) in [7, 11) is 0. The first-order valence-corrected chi connectivity index (χ1v) is 7.90. The number of hydrogen-bond donors (Lipinski definition) is 0. The van der Waals surface area contributed by atoms with Gasteiger partial charge in [-0.15, -0.1) is 0 Å². The number of anilines is 1. The molecule has 0 N–H and O–H groups in total. The lowest BCUT2D eigenvalue weighted by Gasteiger charge is -2.38. The summed E-state index contributed by atoms with van der Waals surface area (Å²) in [5.74, 6) is 0. The lowest BCUT2D eigenvalue weighted by atomic mass is 10.0. The molecule has 2 aliphatic rings. The van der Waals surface area contributed by atoms with Crippen molar-refractivity contribution in [2.75, 3.05) is 24.6 Å².